The van der Waals surface area contributed by atoms with Crippen molar-refractivity contribution in [3.63, 3.8) is 0 Å². The fourth-order valence-corrected chi connectivity index (χ4v) is 3.46. The summed E-state index contributed by atoms with van der Waals surface area (Å²) in [5.41, 5.74) is 0.414. The van der Waals surface area contributed by atoms with Crippen LogP contribution in [-0.2, 0) is 9.53 Å². The normalized spacial score (nSPS) is 17.4. The number of hydrogen-bond donors (Lipinski definition) is 3. The quantitative estimate of drug-likeness (QED) is 0.686. The second-order valence-electron chi connectivity index (χ2n) is 6.86. The van der Waals surface area contributed by atoms with Gasteiger partial charge in [-0.2, -0.15) is 0 Å². The lowest BCUT2D eigenvalue weighted by atomic mass is 9.82. The Morgan fingerprint density at radius 2 is 1.93 bits per heavy atom. The molecule has 0 amide bonds. The first-order valence-electron chi connectivity index (χ1n) is 8.80. The van der Waals surface area contributed by atoms with E-state index in [0.29, 0.717) is 22.8 Å². The predicted octanol–water partition coefficient (Wildman–Crippen LogP) is 1.57. The number of hydrogen-bond acceptors (Lipinski definition) is 7. The van der Waals surface area contributed by atoms with Crippen molar-refractivity contribution in [2.45, 2.75) is 32.8 Å². The minimum Gasteiger partial charge on any atom is -0.460 e. The number of benzene rings is 1. The van der Waals surface area contributed by atoms with Crippen LogP contribution in [0.5, 0.6) is 11.5 Å². The molecule has 146 valence electrons. The fraction of sp³-hybridized carbons (Fsp3) is 0.316. The fourth-order valence-electron chi connectivity index (χ4n) is 3.46. The molecule has 1 aromatic heterocycles. The molecule has 0 bridgehead atoms. The van der Waals surface area contributed by atoms with Gasteiger partial charge >= 0.3 is 11.7 Å². The monoisotopic (exact) mass is 385 g/mol. The van der Waals surface area contributed by atoms with Crippen LogP contribution in [0.1, 0.15) is 37.8 Å². The summed E-state index contributed by atoms with van der Waals surface area (Å²) in [5, 5.41) is 2.95. The molecule has 4 rings (SSSR count). The number of esters is 1. The average molecular weight is 385 g/mol. The highest BCUT2D eigenvalue weighted by atomic mass is 16.7. The Morgan fingerprint density at radius 1 is 1.18 bits per heavy atom. The first-order chi connectivity index (χ1) is 13.3. The van der Waals surface area contributed by atoms with E-state index in [0.717, 1.165) is 0 Å². The Kier molecular flexibility index (Phi) is 4.21. The molecule has 0 radical (unpaired) electrons. The van der Waals surface area contributed by atoms with Crippen molar-refractivity contribution in [3.8, 4) is 11.5 Å². The number of anilines is 1. The minimum atomic E-state index is -0.752. The Balaban J connectivity index is 1.93. The maximum absolute atomic E-state index is 12.9. The number of aromatic amines is 2. The van der Waals surface area contributed by atoms with Crippen LogP contribution in [-0.4, -0.2) is 28.8 Å². The zero-order chi connectivity index (χ0) is 20.0. The number of fused-ring (bicyclic) bond motifs is 2. The lowest BCUT2D eigenvalue weighted by Crippen LogP contribution is -2.35. The molecule has 0 unspecified atom stereocenters. The average Bonchev–Trinajstić information content (AvgIpc) is 3.07. The highest BCUT2D eigenvalue weighted by Gasteiger charge is 2.37. The summed E-state index contributed by atoms with van der Waals surface area (Å²) in [6.45, 7) is 5.29. The molecule has 9 heteroatoms. The second kappa shape index (κ2) is 6.59. The molecule has 3 heterocycles. The van der Waals surface area contributed by atoms with Crippen molar-refractivity contribution in [2.75, 3.05) is 12.1 Å². The van der Waals surface area contributed by atoms with Gasteiger partial charge in [-0.25, -0.2) is 9.59 Å². The van der Waals surface area contributed by atoms with Crippen LogP contribution in [0.15, 0.2) is 39.1 Å². The molecule has 0 fully saturated rings. The van der Waals surface area contributed by atoms with E-state index < -0.39 is 23.1 Å². The number of rotatable bonds is 3. The number of aromatic nitrogens is 2. The number of carbonyl (C=O) groups excluding carboxylic acids is 1. The maximum Gasteiger partial charge on any atom is 0.337 e. The Morgan fingerprint density at radius 3 is 2.68 bits per heavy atom. The summed E-state index contributed by atoms with van der Waals surface area (Å²) in [4.78, 5) is 42.1. The molecule has 2 aliphatic rings. The van der Waals surface area contributed by atoms with Gasteiger partial charge in [0.05, 0.1) is 23.2 Å². The van der Waals surface area contributed by atoms with Crippen LogP contribution in [0, 0.1) is 0 Å². The van der Waals surface area contributed by atoms with Crippen LogP contribution in [0.3, 0.4) is 0 Å². The topological polar surface area (TPSA) is 123 Å². The lowest BCUT2D eigenvalue weighted by Gasteiger charge is -2.29. The molecule has 0 aliphatic carbocycles. The Bertz CT molecular complexity index is 1110. The summed E-state index contributed by atoms with van der Waals surface area (Å²) in [7, 11) is 0. The molecule has 2 aromatic rings. The molecule has 0 saturated carbocycles. The van der Waals surface area contributed by atoms with Crippen molar-refractivity contribution in [3.05, 3.63) is 61.4 Å². The second-order valence-corrected chi connectivity index (χ2v) is 6.86. The molecule has 0 saturated heterocycles. The van der Waals surface area contributed by atoms with Crippen molar-refractivity contribution < 1.29 is 19.0 Å². The van der Waals surface area contributed by atoms with Crippen molar-refractivity contribution >= 4 is 11.8 Å². The SMILES string of the molecule is CC1=C(C(=O)OC(C)C)[C@@H](c2ccc3c(c2)OCO3)c2c([nH]c(=O)[nH]c2=O)N1. The summed E-state index contributed by atoms with van der Waals surface area (Å²) in [6, 6.07) is 5.20. The first-order valence-corrected chi connectivity index (χ1v) is 8.80. The van der Waals surface area contributed by atoms with E-state index in [9.17, 15) is 14.4 Å². The minimum absolute atomic E-state index is 0.104. The standard InChI is InChI=1S/C19H19N3O6/c1-8(2)28-18(24)13-9(3)20-16-15(17(23)22-19(25)21-16)14(13)10-4-5-11-12(6-10)27-7-26-11/h4-6,8,14H,7H2,1-3H3,(H3,20,21,22,23,25)/t14-/m1/s1. The van der Waals surface area contributed by atoms with Crippen LogP contribution < -0.4 is 26.0 Å². The van der Waals surface area contributed by atoms with Crippen LogP contribution in [0.2, 0.25) is 0 Å². The molecule has 2 aliphatic heterocycles. The predicted molar refractivity (Wildman–Crippen MR) is 99.6 cm³/mol. The van der Waals surface area contributed by atoms with E-state index in [2.05, 4.69) is 15.3 Å². The van der Waals surface area contributed by atoms with Gasteiger partial charge in [-0.15, -0.1) is 0 Å². The third kappa shape index (κ3) is 2.94. The largest absolute Gasteiger partial charge is 0.460 e. The van der Waals surface area contributed by atoms with Crippen LogP contribution in [0.4, 0.5) is 5.82 Å². The van der Waals surface area contributed by atoms with Gasteiger partial charge in [-0.3, -0.25) is 14.8 Å². The van der Waals surface area contributed by atoms with Crippen molar-refractivity contribution in [1.29, 1.82) is 0 Å². The van der Waals surface area contributed by atoms with Crippen LogP contribution >= 0.6 is 0 Å². The van der Waals surface area contributed by atoms with Gasteiger partial charge in [0.25, 0.3) is 5.56 Å². The smallest absolute Gasteiger partial charge is 0.337 e. The zero-order valence-electron chi connectivity index (χ0n) is 15.5. The van der Waals surface area contributed by atoms with Crippen LogP contribution in [0.25, 0.3) is 0 Å². The number of carbonyl (C=O) groups is 1. The van der Waals surface area contributed by atoms with E-state index in [1.54, 1.807) is 39.0 Å². The molecule has 1 aromatic carbocycles. The molecular weight excluding hydrogens is 366 g/mol. The first kappa shape index (κ1) is 17.9. The van der Waals surface area contributed by atoms with Crippen molar-refractivity contribution in [1.82, 2.24) is 9.97 Å². The summed E-state index contributed by atoms with van der Waals surface area (Å²) in [6.07, 6.45) is -0.333. The molecular formula is C19H19N3O6. The summed E-state index contributed by atoms with van der Waals surface area (Å²) >= 11 is 0. The summed E-state index contributed by atoms with van der Waals surface area (Å²) in [5.74, 6) is 0.0551. The third-order valence-corrected chi connectivity index (χ3v) is 4.57. The van der Waals surface area contributed by atoms with Gasteiger partial charge < -0.3 is 19.5 Å². The van der Waals surface area contributed by atoms with E-state index in [1.807, 2.05) is 0 Å². The van der Waals surface area contributed by atoms with Gasteiger partial charge in [0, 0.05) is 5.70 Å². The number of ether oxygens (including phenoxy) is 3. The number of allylic oxidation sites excluding steroid dienone is 1. The number of nitrogens with one attached hydrogen (secondary N) is 3. The number of H-pyrrole nitrogens is 2. The Hall–Kier alpha value is -3.49. The molecule has 0 spiro atoms. The van der Waals surface area contributed by atoms with E-state index in [4.69, 9.17) is 14.2 Å². The molecule has 9 nitrogen and oxygen atoms in total. The summed E-state index contributed by atoms with van der Waals surface area (Å²) < 4.78 is 16.2. The van der Waals surface area contributed by atoms with E-state index in [-0.39, 0.29) is 29.9 Å². The molecule has 28 heavy (non-hydrogen) atoms. The van der Waals surface area contributed by atoms with E-state index in [1.165, 1.54) is 0 Å². The van der Waals surface area contributed by atoms with Gasteiger partial charge in [0.2, 0.25) is 6.79 Å². The lowest BCUT2D eigenvalue weighted by molar-refractivity contribution is -0.143. The van der Waals surface area contributed by atoms with Gasteiger partial charge in [0.1, 0.15) is 5.82 Å². The van der Waals surface area contributed by atoms with Gasteiger partial charge in [0.15, 0.2) is 11.5 Å². The van der Waals surface area contributed by atoms with Gasteiger partial charge in [-0.05, 0) is 38.5 Å². The highest BCUT2D eigenvalue weighted by molar-refractivity contribution is 5.94. The zero-order valence-corrected chi connectivity index (χ0v) is 15.5. The highest BCUT2D eigenvalue weighted by Crippen LogP contribution is 2.42. The Labute approximate surface area is 159 Å². The molecule has 3 N–H and O–H groups in total. The van der Waals surface area contributed by atoms with Gasteiger partial charge in [-0.1, -0.05) is 6.07 Å². The van der Waals surface area contributed by atoms with E-state index >= 15 is 0 Å². The third-order valence-electron chi connectivity index (χ3n) is 4.57. The molecule has 1 atom stereocenters. The maximum atomic E-state index is 12.9. The van der Waals surface area contributed by atoms with Crippen molar-refractivity contribution in [2.24, 2.45) is 0 Å².